The molecule has 1 aliphatic rings. The van der Waals surface area contributed by atoms with Crippen LogP contribution < -0.4 is 11.1 Å². The molecular weight excluding hydrogens is 248 g/mol. The van der Waals surface area contributed by atoms with Crippen molar-refractivity contribution in [1.82, 2.24) is 9.88 Å². The molecule has 0 radical (unpaired) electrons. The van der Waals surface area contributed by atoms with Gasteiger partial charge in [-0.3, -0.25) is 4.79 Å². The maximum atomic E-state index is 12.5. The van der Waals surface area contributed by atoms with Gasteiger partial charge in [0, 0.05) is 19.6 Å². The molecule has 0 aliphatic heterocycles. The van der Waals surface area contributed by atoms with Gasteiger partial charge in [-0.2, -0.15) is 0 Å². The van der Waals surface area contributed by atoms with Gasteiger partial charge in [-0.1, -0.05) is 24.2 Å². The van der Waals surface area contributed by atoms with E-state index in [1.807, 2.05) is 11.8 Å². The summed E-state index contributed by atoms with van der Waals surface area (Å²) < 4.78 is 0. The molecule has 0 unspecified atom stereocenters. The second kappa shape index (κ2) is 5.56. The summed E-state index contributed by atoms with van der Waals surface area (Å²) >= 11 is 1.33. The third kappa shape index (κ3) is 2.43. The van der Waals surface area contributed by atoms with E-state index in [2.05, 4.69) is 10.3 Å². The molecule has 6 heteroatoms. The highest BCUT2D eigenvalue weighted by Crippen LogP contribution is 2.29. The Balaban J connectivity index is 2.19. The average Bonchev–Trinajstić information content (AvgIpc) is 2.99. The number of rotatable bonds is 4. The minimum Gasteiger partial charge on any atom is -0.382 e. The fraction of sp³-hybridized carbons (Fsp3) is 0.667. The number of anilines is 2. The van der Waals surface area contributed by atoms with Crippen molar-refractivity contribution in [2.45, 2.75) is 38.6 Å². The number of carbonyl (C=O) groups is 1. The molecule has 0 aromatic carbocycles. The number of thiazole rings is 1. The number of amides is 1. The molecule has 1 aliphatic carbocycles. The Bertz CT molecular complexity index is 426. The summed E-state index contributed by atoms with van der Waals surface area (Å²) in [7, 11) is 1.78. The molecule has 18 heavy (non-hydrogen) atoms. The summed E-state index contributed by atoms with van der Waals surface area (Å²) in [6.07, 6.45) is 4.65. The van der Waals surface area contributed by atoms with Gasteiger partial charge in [0.25, 0.3) is 5.91 Å². The minimum absolute atomic E-state index is 0.0286. The predicted molar refractivity (Wildman–Crippen MR) is 75.0 cm³/mol. The van der Waals surface area contributed by atoms with Gasteiger partial charge in [0.1, 0.15) is 10.7 Å². The molecule has 2 rings (SSSR count). The maximum Gasteiger partial charge on any atom is 0.268 e. The van der Waals surface area contributed by atoms with Crippen molar-refractivity contribution in [2.75, 3.05) is 24.6 Å². The highest BCUT2D eigenvalue weighted by Gasteiger charge is 2.28. The molecule has 0 saturated heterocycles. The van der Waals surface area contributed by atoms with Crippen LogP contribution in [0.4, 0.5) is 10.9 Å². The number of hydrogen-bond acceptors (Lipinski definition) is 5. The Kier molecular flexibility index (Phi) is 4.06. The summed E-state index contributed by atoms with van der Waals surface area (Å²) in [4.78, 5) is 19.1. The number of aromatic nitrogens is 1. The van der Waals surface area contributed by atoms with E-state index in [1.54, 1.807) is 7.05 Å². The Morgan fingerprint density at radius 1 is 1.56 bits per heavy atom. The molecule has 1 fully saturated rings. The average molecular weight is 268 g/mol. The Morgan fingerprint density at radius 3 is 2.72 bits per heavy atom. The third-order valence-electron chi connectivity index (χ3n) is 3.43. The van der Waals surface area contributed by atoms with Crippen LogP contribution in [0, 0.1) is 0 Å². The first-order valence-electron chi connectivity index (χ1n) is 6.42. The molecule has 1 amide bonds. The first kappa shape index (κ1) is 13.1. The minimum atomic E-state index is 0.0286. The van der Waals surface area contributed by atoms with E-state index in [4.69, 9.17) is 5.73 Å². The Labute approximate surface area is 111 Å². The van der Waals surface area contributed by atoms with E-state index < -0.39 is 0 Å². The molecule has 1 saturated carbocycles. The van der Waals surface area contributed by atoms with Crippen LogP contribution in [0.1, 0.15) is 42.3 Å². The number of nitrogens with two attached hydrogens (primary N) is 1. The molecule has 0 atom stereocenters. The Hall–Kier alpha value is -1.30. The Morgan fingerprint density at radius 2 is 2.22 bits per heavy atom. The number of nitrogens with one attached hydrogen (secondary N) is 1. The van der Waals surface area contributed by atoms with Crippen molar-refractivity contribution in [3.8, 4) is 0 Å². The topological polar surface area (TPSA) is 71.2 Å². The highest BCUT2D eigenvalue weighted by atomic mass is 32.1. The molecule has 1 heterocycles. The largest absolute Gasteiger partial charge is 0.382 e. The third-order valence-corrected chi connectivity index (χ3v) is 4.51. The number of nitrogens with zero attached hydrogens (tertiary/aromatic N) is 2. The molecule has 3 N–H and O–H groups in total. The summed E-state index contributed by atoms with van der Waals surface area (Å²) in [6.45, 7) is 2.75. The van der Waals surface area contributed by atoms with Crippen molar-refractivity contribution in [3.05, 3.63) is 4.88 Å². The first-order valence-corrected chi connectivity index (χ1v) is 7.24. The van der Waals surface area contributed by atoms with Crippen molar-refractivity contribution >= 4 is 28.2 Å². The molecule has 0 bridgehead atoms. The van der Waals surface area contributed by atoms with Gasteiger partial charge in [-0.25, -0.2) is 4.98 Å². The summed E-state index contributed by atoms with van der Waals surface area (Å²) in [5, 5.41) is 3.62. The molecule has 1 aromatic rings. The van der Waals surface area contributed by atoms with Crippen molar-refractivity contribution < 1.29 is 4.79 Å². The molecular formula is C12H20N4OS. The van der Waals surface area contributed by atoms with Gasteiger partial charge in [-0.05, 0) is 19.8 Å². The van der Waals surface area contributed by atoms with Gasteiger partial charge < -0.3 is 16.0 Å². The first-order chi connectivity index (χ1) is 8.67. The lowest BCUT2D eigenvalue weighted by Gasteiger charge is -2.27. The number of carbonyl (C=O) groups excluding carboxylic acids is 1. The lowest BCUT2D eigenvalue weighted by Crippen LogP contribution is -2.38. The lowest BCUT2D eigenvalue weighted by atomic mass is 10.2. The van der Waals surface area contributed by atoms with Crippen molar-refractivity contribution in [1.29, 1.82) is 0 Å². The lowest BCUT2D eigenvalue weighted by molar-refractivity contribution is 0.0699. The quantitative estimate of drug-likeness (QED) is 0.878. The van der Waals surface area contributed by atoms with Gasteiger partial charge in [0.05, 0.1) is 0 Å². The van der Waals surface area contributed by atoms with E-state index in [0.717, 1.165) is 19.4 Å². The number of nitrogen functional groups attached to an aromatic ring is 1. The summed E-state index contributed by atoms with van der Waals surface area (Å²) in [5.74, 6) is 0.367. The zero-order valence-corrected chi connectivity index (χ0v) is 11.7. The molecule has 1 aromatic heterocycles. The molecule has 5 nitrogen and oxygen atoms in total. The van der Waals surface area contributed by atoms with Gasteiger partial charge >= 0.3 is 0 Å². The smallest absolute Gasteiger partial charge is 0.268 e. The fourth-order valence-electron chi connectivity index (χ4n) is 2.51. The van der Waals surface area contributed by atoms with Gasteiger partial charge in [0.2, 0.25) is 0 Å². The second-order valence-electron chi connectivity index (χ2n) is 4.51. The van der Waals surface area contributed by atoms with Gasteiger partial charge in [-0.15, -0.1) is 0 Å². The monoisotopic (exact) mass is 268 g/mol. The van der Waals surface area contributed by atoms with E-state index >= 15 is 0 Å². The molecule has 0 spiro atoms. The normalized spacial score (nSPS) is 15.9. The number of hydrogen-bond donors (Lipinski definition) is 2. The van der Waals surface area contributed by atoms with Crippen LogP contribution in [0.25, 0.3) is 0 Å². The summed E-state index contributed by atoms with van der Waals surface area (Å²) in [6, 6.07) is 0.377. The van der Waals surface area contributed by atoms with Crippen LogP contribution >= 0.6 is 11.3 Å². The standard InChI is InChI=1S/C12H20N4OS/c1-3-16(8-6-4-5-7-8)11(17)9-10(13)15-12(14-2)18-9/h8H,3-7,13H2,1-2H3,(H,14,15). The van der Waals surface area contributed by atoms with Crippen LogP contribution in [0.15, 0.2) is 0 Å². The maximum absolute atomic E-state index is 12.5. The van der Waals surface area contributed by atoms with Crippen molar-refractivity contribution in [2.24, 2.45) is 0 Å². The zero-order chi connectivity index (χ0) is 13.1. The SMILES string of the molecule is CCN(C(=O)c1sc(NC)nc1N)C1CCCC1. The van der Waals surface area contributed by atoms with E-state index in [-0.39, 0.29) is 5.91 Å². The fourth-order valence-corrected chi connectivity index (χ4v) is 3.30. The zero-order valence-electron chi connectivity index (χ0n) is 10.9. The van der Waals surface area contributed by atoms with Crippen LogP contribution in [0.2, 0.25) is 0 Å². The predicted octanol–water partition coefficient (Wildman–Crippen LogP) is 2.17. The second-order valence-corrected chi connectivity index (χ2v) is 5.51. The highest BCUT2D eigenvalue weighted by molar-refractivity contribution is 7.18. The summed E-state index contributed by atoms with van der Waals surface area (Å²) in [5.41, 5.74) is 5.82. The van der Waals surface area contributed by atoms with Crippen LogP contribution in [0.5, 0.6) is 0 Å². The molecule has 100 valence electrons. The van der Waals surface area contributed by atoms with Gasteiger partial charge in [0.15, 0.2) is 5.13 Å². The van der Waals surface area contributed by atoms with Crippen LogP contribution in [-0.4, -0.2) is 35.4 Å². The van der Waals surface area contributed by atoms with E-state index in [0.29, 0.717) is 21.9 Å². The van der Waals surface area contributed by atoms with Crippen molar-refractivity contribution in [3.63, 3.8) is 0 Å². The van der Waals surface area contributed by atoms with E-state index in [1.165, 1.54) is 24.2 Å². The van der Waals surface area contributed by atoms with E-state index in [9.17, 15) is 4.79 Å². The van der Waals surface area contributed by atoms with Crippen LogP contribution in [0.3, 0.4) is 0 Å². The van der Waals surface area contributed by atoms with Crippen LogP contribution in [-0.2, 0) is 0 Å².